The van der Waals surface area contributed by atoms with E-state index in [2.05, 4.69) is 20.1 Å². The number of pyridine rings is 1. The van der Waals surface area contributed by atoms with Gasteiger partial charge in [0, 0.05) is 24.3 Å². The Hall–Kier alpha value is -3.13. The van der Waals surface area contributed by atoms with Gasteiger partial charge in [-0.05, 0) is 92.6 Å². The molecule has 1 saturated heterocycles. The van der Waals surface area contributed by atoms with Crippen molar-refractivity contribution in [2.24, 2.45) is 11.8 Å². The third kappa shape index (κ3) is 5.86. The maximum atomic E-state index is 15.4. The fraction of sp³-hybridized carbons (Fsp3) is 0.462. The highest BCUT2D eigenvalue weighted by Gasteiger charge is 2.34. The van der Waals surface area contributed by atoms with Gasteiger partial charge in [0.25, 0.3) is 0 Å². The summed E-state index contributed by atoms with van der Waals surface area (Å²) < 4.78 is 20.6. The number of aliphatic carboxylic acids is 1. The van der Waals surface area contributed by atoms with Gasteiger partial charge in [0.15, 0.2) is 0 Å². The Morgan fingerprint density at radius 2 is 2.15 bits per heavy atom. The molecule has 1 aliphatic rings. The molecule has 34 heavy (non-hydrogen) atoms. The molecule has 3 heterocycles. The van der Waals surface area contributed by atoms with E-state index >= 15 is 4.39 Å². The first-order chi connectivity index (χ1) is 16.5. The zero-order chi connectivity index (χ0) is 23.9. The number of fused-ring (bicyclic) bond motifs is 1. The molecule has 0 radical (unpaired) electrons. The fourth-order valence-electron chi connectivity index (χ4n) is 4.93. The van der Waals surface area contributed by atoms with Crippen LogP contribution in [-0.4, -0.2) is 57.9 Å². The number of hydrogen-bond donors (Lipinski definition) is 1. The number of piperidine rings is 1. The summed E-state index contributed by atoms with van der Waals surface area (Å²) >= 11 is 0. The van der Waals surface area contributed by atoms with Crippen LogP contribution in [0.5, 0.6) is 5.75 Å². The van der Waals surface area contributed by atoms with Crippen LogP contribution >= 0.6 is 0 Å². The van der Waals surface area contributed by atoms with E-state index in [0.29, 0.717) is 30.7 Å². The molecule has 3 aromatic rings. The minimum absolute atomic E-state index is 0.0287. The largest absolute Gasteiger partial charge is 0.497 e. The van der Waals surface area contributed by atoms with Crippen molar-refractivity contribution in [3.8, 4) is 5.75 Å². The fourth-order valence-corrected chi connectivity index (χ4v) is 4.93. The second-order valence-corrected chi connectivity index (χ2v) is 8.98. The summed E-state index contributed by atoms with van der Waals surface area (Å²) in [6.07, 6.45) is 7.33. The molecular formula is C26H31FN4O3. The molecule has 0 spiro atoms. The van der Waals surface area contributed by atoms with Gasteiger partial charge in [0.1, 0.15) is 11.9 Å². The summed E-state index contributed by atoms with van der Waals surface area (Å²) in [6, 6.07) is 9.11. The van der Waals surface area contributed by atoms with Crippen molar-refractivity contribution in [1.82, 2.24) is 20.1 Å². The maximum absolute atomic E-state index is 15.4. The number of rotatable bonds is 10. The zero-order valence-electron chi connectivity index (χ0n) is 19.4. The molecule has 1 aromatic carbocycles. The van der Waals surface area contributed by atoms with Crippen LogP contribution in [0.3, 0.4) is 0 Å². The highest BCUT2D eigenvalue weighted by Crippen LogP contribution is 2.35. The predicted molar refractivity (Wildman–Crippen MR) is 127 cm³/mol. The van der Waals surface area contributed by atoms with Crippen LogP contribution in [0.15, 0.2) is 48.9 Å². The Bertz CT molecular complexity index is 1100. The average molecular weight is 467 g/mol. The second kappa shape index (κ2) is 11.3. The molecule has 1 aliphatic heterocycles. The maximum Gasteiger partial charge on any atom is 0.308 e. The first-order valence-corrected chi connectivity index (χ1v) is 11.8. The van der Waals surface area contributed by atoms with Gasteiger partial charge < -0.3 is 14.7 Å². The number of methoxy groups -OCH3 is 1. The van der Waals surface area contributed by atoms with Gasteiger partial charge in [-0.1, -0.05) is 0 Å². The summed E-state index contributed by atoms with van der Waals surface area (Å²) in [5, 5.41) is 18.3. The highest BCUT2D eigenvalue weighted by molar-refractivity contribution is 5.83. The van der Waals surface area contributed by atoms with Crippen molar-refractivity contribution >= 4 is 16.9 Å². The van der Waals surface area contributed by atoms with E-state index in [9.17, 15) is 9.90 Å². The Kier molecular flexibility index (Phi) is 8.00. The van der Waals surface area contributed by atoms with Gasteiger partial charge in [-0.2, -0.15) is 10.2 Å². The van der Waals surface area contributed by atoms with Crippen molar-refractivity contribution < 1.29 is 19.0 Å². The van der Waals surface area contributed by atoms with Crippen LogP contribution in [0.1, 0.15) is 43.0 Å². The number of aromatic nitrogens is 3. The van der Waals surface area contributed by atoms with Crippen LogP contribution in [0.25, 0.3) is 10.9 Å². The normalized spacial score (nSPS) is 19.7. The topological polar surface area (TPSA) is 88.4 Å². The number of ether oxygens (including phenoxy) is 1. The SMILES string of the molecule is COc1ccc2nccc(C(F)CC[C@@H]3CCN(CCCc4ccnnc4)C[C@@H]3C(=O)O)c2c1. The number of aryl methyl sites for hydroxylation is 1. The number of carboxylic acid groups (broad SMARTS) is 1. The highest BCUT2D eigenvalue weighted by atomic mass is 19.1. The lowest BCUT2D eigenvalue weighted by molar-refractivity contribution is -0.146. The van der Waals surface area contributed by atoms with Gasteiger partial charge >= 0.3 is 5.97 Å². The van der Waals surface area contributed by atoms with Crippen LogP contribution < -0.4 is 4.74 Å². The van der Waals surface area contributed by atoms with Crippen LogP contribution in [-0.2, 0) is 11.2 Å². The van der Waals surface area contributed by atoms with E-state index in [0.717, 1.165) is 48.8 Å². The van der Waals surface area contributed by atoms with E-state index < -0.39 is 18.1 Å². The molecule has 0 saturated carbocycles. The molecule has 1 fully saturated rings. The molecule has 8 heteroatoms. The smallest absolute Gasteiger partial charge is 0.308 e. The van der Waals surface area contributed by atoms with E-state index in [1.54, 1.807) is 31.8 Å². The van der Waals surface area contributed by atoms with Crippen LogP contribution in [0.4, 0.5) is 4.39 Å². The molecule has 180 valence electrons. The van der Waals surface area contributed by atoms with Crippen molar-refractivity contribution in [3.63, 3.8) is 0 Å². The molecule has 1 unspecified atom stereocenters. The quantitative estimate of drug-likeness (QED) is 0.471. The molecule has 2 aromatic heterocycles. The number of nitrogens with zero attached hydrogens (tertiary/aromatic N) is 4. The number of alkyl halides is 1. The first-order valence-electron chi connectivity index (χ1n) is 11.8. The number of carboxylic acids is 1. The van der Waals surface area contributed by atoms with E-state index in [4.69, 9.17) is 4.74 Å². The second-order valence-electron chi connectivity index (χ2n) is 8.98. The number of carbonyl (C=O) groups is 1. The Labute approximate surface area is 199 Å². The number of likely N-dealkylation sites (tertiary alicyclic amines) is 1. The zero-order valence-corrected chi connectivity index (χ0v) is 19.4. The van der Waals surface area contributed by atoms with Gasteiger partial charge in [-0.3, -0.25) is 9.78 Å². The summed E-state index contributed by atoms with van der Waals surface area (Å²) in [5.41, 5.74) is 2.44. The molecule has 0 aliphatic carbocycles. The number of benzene rings is 1. The van der Waals surface area contributed by atoms with Crippen LogP contribution in [0.2, 0.25) is 0 Å². The van der Waals surface area contributed by atoms with Crippen molar-refractivity contribution in [2.45, 2.75) is 38.3 Å². The third-order valence-electron chi connectivity index (χ3n) is 6.85. The van der Waals surface area contributed by atoms with Crippen molar-refractivity contribution in [3.05, 3.63) is 60.0 Å². The molecule has 4 rings (SSSR count). The van der Waals surface area contributed by atoms with Crippen LogP contribution in [0, 0.1) is 11.8 Å². The average Bonchev–Trinajstić information content (AvgIpc) is 2.87. The lowest BCUT2D eigenvalue weighted by Crippen LogP contribution is -2.44. The lowest BCUT2D eigenvalue weighted by Gasteiger charge is -2.37. The van der Waals surface area contributed by atoms with Crippen molar-refractivity contribution in [2.75, 3.05) is 26.7 Å². The Morgan fingerprint density at radius 3 is 2.91 bits per heavy atom. The van der Waals surface area contributed by atoms with E-state index in [1.165, 1.54) is 0 Å². The van der Waals surface area contributed by atoms with Crippen molar-refractivity contribution in [1.29, 1.82) is 0 Å². The Morgan fingerprint density at radius 1 is 1.26 bits per heavy atom. The van der Waals surface area contributed by atoms with E-state index in [-0.39, 0.29) is 5.92 Å². The minimum atomic E-state index is -1.18. The van der Waals surface area contributed by atoms with Gasteiger partial charge in [-0.15, -0.1) is 0 Å². The summed E-state index contributed by atoms with van der Waals surface area (Å²) in [4.78, 5) is 18.6. The number of halogens is 1. The summed E-state index contributed by atoms with van der Waals surface area (Å²) in [5.74, 6) is -0.633. The summed E-state index contributed by atoms with van der Waals surface area (Å²) in [7, 11) is 1.58. The summed E-state index contributed by atoms with van der Waals surface area (Å²) in [6.45, 7) is 2.20. The molecular weight excluding hydrogens is 435 g/mol. The first kappa shape index (κ1) is 24.0. The standard InChI is InChI=1S/C26H31FN4O3/c1-34-20-5-7-25-22(15-20)21(9-11-28-25)24(27)6-4-19-10-14-31(17-23(19)26(32)33)13-2-3-18-8-12-29-30-16-18/h5,7-9,11-12,15-16,19,23-24H,2-4,6,10,13-14,17H2,1H3,(H,32,33)/t19-,23+,24?/m1/s1. The third-order valence-corrected chi connectivity index (χ3v) is 6.85. The molecule has 0 amide bonds. The molecule has 7 nitrogen and oxygen atoms in total. The van der Waals surface area contributed by atoms with Gasteiger partial charge in [0.05, 0.1) is 24.7 Å². The molecule has 1 N–H and O–H groups in total. The number of hydrogen-bond acceptors (Lipinski definition) is 6. The lowest BCUT2D eigenvalue weighted by atomic mass is 9.81. The minimum Gasteiger partial charge on any atom is -0.497 e. The molecule has 0 bridgehead atoms. The van der Waals surface area contributed by atoms with Gasteiger partial charge in [0.2, 0.25) is 0 Å². The predicted octanol–water partition coefficient (Wildman–Crippen LogP) is 4.48. The monoisotopic (exact) mass is 466 g/mol. The Balaban J connectivity index is 1.34. The van der Waals surface area contributed by atoms with Gasteiger partial charge in [-0.25, -0.2) is 4.39 Å². The van der Waals surface area contributed by atoms with E-state index in [1.807, 2.05) is 24.3 Å². The molecule has 3 atom stereocenters.